The van der Waals surface area contributed by atoms with Gasteiger partial charge in [0.15, 0.2) is 0 Å². The largest absolute Gasteiger partial charge is 0.354 e. The van der Waals surface area contributed by atoms with Gasteiger partial charge in [-0.3, -0.25) is 9.00 Å². The lowest BCUT2D eigenvalue weighted by atomic mass is 9.74. The van der Waals surface area contributed by atoms with Gasteiger partial charge in [-0.05, 0) is 38.8 Å². The summed E-state index contributed by atoms with van der Waals surface area (Å²) in [6.45, 7) is 8.37. The molecule has 3 atom stereocenters. The topological polar surface area (TPSA) is 58.2 Å². The van der Waals surface area contributed by atoms with Gasteiger partial charge in [0.05, 0.1) is 0 Å². The van der Waals surface area contributed by atoms with Crippen LogP contribution in [0.4, 0.5) is 0 Å². The summed E-state index contributed by atoms with van der Waals surface area (Å²) in [7, 11) is -0.885. The lowest BCUT2D eigenvalue weighted by Gasteiger charge is -2.36. The van der Waals surface area contributed by atoms with E-state index in [1.54, 1.807) is 6.26 Å². The Hall–Kier alpha value is -0.420. The third kappa shape index (κ3) is 4.05. The highest BCUT2D eigenvalue weighted by Gasteiger charge is 2.37. The standard InChI is InChI=1S/C13H26N2O2S/c1-10(18(4)17)8-15-12(16)13(2,3)11-6-5-7-14-9-11/h10-11,14H,5-9H2,1-4H3,(H,15,16). The highest BCUT2D eigenvalue weighted by molar-refractivity contribution is 7.84. The van der Waals surface area contributed by atoms with Crippen molar-refractivity contribution in [2.75, 3.05) is 25.9 Å². The van der Waals surface area contributed by atoms with Gasteiger partial charge in [0.25, 0.3) is 0 Å². The predicted octanol–water partition coefficient (Wildman–Crippen LogP) is 0.895. The summed E-state index contributed by atoms with van der Waals surface area (Å²) in [5, 5.41) is 6.30. The second kappa shape index (κ2) is 6.66. The van der Waals surface area contributed by atoms with Crippen molar-refractivity contribution < 1.29 is 9.00 Å². The molecule has 1 heterocycles. The molecule has 18 heavy (non-hydrogen) atoms. The van der Waals surface area contributed by atoms with Gasteiger partial charge < -0.3 is 10.6 Å². The number of hydrogen-bond acceptors (Lipinski definition) is 3. The number of rotatable bonds is 5. The number of nitrogens with one attached hydrogen (secondary N) is 2. The molecule has 1 amide bonds. The van der Waals surface area contributed by atoms with E-state index in [0.717, 1.165) is 25.9 Å². The van der Waals surface area contributed by atoms with Crippen LogP contribution in [0.15, 0.2) is 0 Å². The van der Waals surface area contributed by atoms with Crippen LogP contribution in [0.3, 0.4) is 0 Å². The Balaban J connectivity index is 2.50. The minimum absolute atomic E-state index is 0.00855. The van der Waals surface area contributed by atoms with Crippen LogP contribution in [0.1, 0.15) is 33.6 Å². The van der Waals surface area contributed by atoms with E-state index in [1.165, 1.54) is 0 Å². The van der Waals surface area contributed by atoms with Crippen molar-refractivity contribution >= 4 is 16.7 Å². The zero-order valence-electron chi connectivity index (χ0n) is 11.9. The van der Waals surface area contributed by atoms with Gasteiger partial charge in [-0.2, -0.15) is 0 Å². The second-order valence-corrected chi connectivity index (χ2v) is 7.59. The Labute approximate surface area is 113 Å². The first-order valence-corrected chi connectivity index (χ1v) is 8.29. The van der Waals surface area contributed by atoms with E-state index >= 15 is 0 Å². The van der Waals surface area contributed by atoms with Crippen molar-refractivity contribution in [3.8, 4) is 0 Å². The molecule has 3 unspecified atom stereocenters. The highest BCUT2D eigenvalue weighted by atomic mass is 32.2. The predicted molar refractivity (Wildman–Crippen MR) is 75.9 cm³/mol. The molecule has 1 rings (SSSR count). The van der Waals surface area contributed by atoms with Crippen LogP contribution in [-0.4, -0.2) is 41.3 Å². The monoisotopic (exact) mass is 274 g/mol. The van der Waals surface area contributed by atoms with E-state index in [-0.39, 0.29) is 16.6 Å². The summed E-state index contributed by atoms with van der Waals surface area (Å²) in [4.78, 5) is 12.3. The summed E-state index contributed by atoms with van der Waals surface area (Å²) in [5.74, 6) is 0.460. The summed E-state index contributed by atoms with van der Waals surface area (Å²) in [6.07, 6.45) is 3.91. The van der Waals surface area contributed by atoms with Gasteiger partial charge >= 0.3 is 0 Å². The highest BCUT2D eigenvalue weighted by Crippen LogP contribution is 2.31. The van der Waals surface area contributed by atoms with Crippen molar-refractivity contribution in [2.24, 2.45) is 11.3 Å². The van der Waals surface area contributed by atoms with Crippen LogP contribution in [0.25, 0.3) is 0 Å². The van der Waals surface area contributed by atoms with Gasteiger partial charge in [-0.15, -0.1) is 0 Å². The average Bonchev–Trinajstić information content (AvgIpc) is 2.36. The molecule has 0 aromatic carbocycles. The summed E-state index contributed by atoms with van der Waals surface area (Å²) in [5.41, 5.74) is -0.359. The minimum atomic E-state index is -0.885. The molecular weight excluding hydrogens is 248 g/mol. The van der Waals surface area contributed by atoms with Crippen molar-refractivity contribution in [1.29, 1.82) is 0 Å². The first kappa shape index (κ1) is 15.6. The van der Waals surface area contributed by atoms with Gasteiger partial charge in [0, 0.05) is 34.3 Å². The number of amides is 1. The van der Waals surface area contributed by atoms with E-state index in [9.17, 15) is 9.00 Å². The van der Waals surface area contributed by atoms with Crippen LogP contribution in [0.2, 0.25) is 0 Å². The molecule has 4 nitrogen and oxygen atoms in total. The molecule has 1 saturated heterocycles. The zero-order valence-corrected chi connectivity index (χ0v) is 12.7. The van der Waals surface area contributed by atoms with Crippen molar-refractivity contribution in [3.63, 3.8) is 0 Å². The van der Waals surface area contributed by atoms with E-state index in [1.807, 2.05) is 20.8 Å². The SMILES string of the molecule is CC(CNC(=O)C(C)(C)C1CCCNC1)S(C)=O. The molecular formula is C13H26N2O2S. The Morgan fingerprint density at radius 3 is 2.72 bits per heavy atom. The number of carbonyl (C=O) groups excluding carboxylic acids is 1. The molecule has 1 aliphatic rings. The fourth-order valence-electron chi connectivity index (χ4n) is 2.23. The Kier molecular flexibility index (Phi) is 5.79. The number of piperidine rings is 1. The maximum absolute atomic E-state index is 12.3. The van der Waals surface area contributed by atoms with E-state index in [0.29, 0.717) is 12.5 Å². The lowest BCUT2D eigenvalue weighted by molar-refractivity contribution is -0.132. The van der Waals surface area contributed by atoms with E-state index in [4.69, 9.17) is 0 Å². The Bertz CT molecular complexity index is 312. The maximum atomic E-state index is 12.3. The van der Waals surface area contributed by atoms with Crippen molar-refractivity contribution in [2.45, 2.75) is 38.9 Å². The molecule has 5 heteroatoms. The maximum Gasteiger partial charge on any atom is 0.226 e. The third-order valence-electron chi connectivity index (χ3n) is 4.02. The van der Waals surface area contributed by atoms with Crippen molar-refractivity contribution in [1.82, 2.24) is 10.6 Å². The lowest BCUT2D eigenvalue weighted by Crippen LogP contribution is -2.48. The van der Waals surface area contributed by atoms with Crippen molar-refractivity contribution in [3.05, 3.63) is 0 Å². The number of hydrogen-bond donors (Lipinski definition) is 2. The van der Waals surface area contributed by atoms with Gasteiger partial charge in [0.2, 0.25) is 5.91 Å². The molecule has 0 aromatic rings. The van der Waals surface area contributed by atoms with Gasteiger partial charge in [-0.1, -0.05) is 13.8 Å². The first-order valence-electron chi connectivity index (χ1n) is 6.67. The molecule has 0 bridgehead atoms. The molecule has 106 valence electrons. The smallest absolute Gasteiger partial charge is 0.226 e. The Morgan fingerprint density at radius 2 is 2.22 bits per heavy atom. The molecule has 0 spiro atoms. The van der Waals surface area contributed by atoms with Crippen LogP contribution in [-0.2, 0) is 15.6 Å². The number of carbonyl (C=O) groups is 1. The molecule has 1 fully saturated rings. The van der Waals surface area contributed by atoms with E-state index in [2.05, 4.69) is 10.6 Å². The molecule has 0 aliphatic carbocycles. The Morgan fingerprint density at radius 1 is 1.56 bits per heavy atom. The van der Waals surface area contributed by atoms with Crippen LogP contribution in [0.5, 0.6) is 0 Å². The van der Waals surface area contributed by atoms with Gasteiger partial charge in [-0.25, -0.2) is 0 Å². The van der Waals surface area contributed by atoms with Crippen LogP contribution < -0.4 is 10.6 Å². The average molecular weight is 274 g/mol. The van der Waals surface area contributed by atoms with Gasteiger partial charge in [0.1, 0.15) is 0 Å². The quantitative estimate of drug-likeness (QED) is 0.783. The summed E-state index contributed by atoms with van der Waals surface area (Å²) < 4.78 is 11.3. The van der Waals surface area contributed by atoms with E-state index < -0.39 is 10.8 Å². The fraction of sp³-hybridized carbons (Fsp3) is 0.923. The summed E-state index contributed by atoms with van der Waals surface area (Å²) in [6, 6.07) is 0. The molecule has 1 aliphatic heterocycles. The fourth-order valence-corrected chi connectivity index (χ4v) is 2.55. The molecule has 0 aromatic heterocycles. The van der Waals surface area contributed by atoms with Crippen LogP contribution >= 0.6 is 0 Å². The second-order valence-electron chi connectivity index (χ2n) is 5.78. The molecule has 2 N–H and O–H groups in total. The third-order valence-corrected chi connectivity index (χ3v) is 5.32. The van der Waals surface area contributed by atoms with Crippen LogP contribution in [0, 0.1) is 11.3 Å². The summed E-state index contributed by atoms with van der Waals surface area (Å²) >= 11 is 0. The first-order chi connectivity index (χ1) is 8.35. The normalized spacial score (nSPS) is 24.3. The molecule has 0 radical (unpaired) electrons. The zero-order chi connectivity index (χ0) is 13.8. The molecule has 0 saturated carbocycles. The minimum Gasteiger partial charge on any atom is -0.354 e.